The lowest BCUT2D eigenvalue weighted by Crippen LogP contribution is -2.52. The first-order chi connectivity index (χ1) is 18.5. The number of carbonyl (C=O) groups excluding carboxylic acids is 4. The number of benzene rings is 1. The summed E-state index contributed by atoms with van der Waals surface area (Å²) in [6, 6.07) is 4.88. The van der Waals surface area contributed by atoms with Crippen molar-refractivity contribution in [3.63, 3.8) is 0 Å². The lowest BCUT2D eigenvalue weighted by Gasteiger charge is -2.36. The molecule has 206 valence electrons. The van der Waals surface area contributed by atoms with Gasteiger partial charge in [0.1, 0.15) is 6.04 Å². The average Bonchev–Trinajstić information content (AvgIpc) is 3.18. The molecule has 2 aliphatic carbocycles. The zero-order valence-electron chi connectivity index (χ0n) is 22.6. The molecule has 1 saturated heterocycles. The number of hydrogen-bond acceptors (Lipinski definition) is 4. The van der Waals surface area contributed by atoms with Gasteiger partial charge in [-0.1, -0.05) is 64.2 Å². The molecule has 3 fully saturated rings. The Balaban J connectivity index is 1.32. The minimum Gasteiger partial charge on any atom is -0.349 e. The molecule has 7 heteroatoms. The maximum atomic E-state index is 13.7. The third kappa shape index (κ3) is 6.13. The summed E-state index contributed by atoms with van der Waals surface area (Å²) < 4.78 is 0. The van der Waals surface area contributed by atoms with Gasteiger partial charge in [0.25, 0.3) is 11.8 Å². The van der Waals surface area contributed by atoms with Crippen LogP contribution in [-0.4, -0.2) is 40.6 Å². The van der Waals surface area contributed by atoms with E-state index in [1.54, 1.807) is 17.0 Å². The van der Waals surface area contributed by atoms with Crippen molar-refractivity contribution in [3.8, 4) is 0 Å². The van der Waals surface area contributed by atoms with Crippen molar-refractivity contribution in [2.24, 2.45) is 11.8 Å². The van der Waals surface area contributed by atoms with Gasteiger partial charge in [-0.25, -0.2) is 0 Å². The Morgan fingerprint density at radius 2 is 1.39 bits per heavy atom. The number of nitrogens with zero attached hydrogens (tertiary/aromatic N) is 1. The largest absolute Gasteiger partial charge is 0.349 e. The molecular weight excluding hydrogens is 478 g/mol. The number of carbonyl (C=O) groups is 4. The first-order valence-corrected chi connectivity index (χ1v) is 15.1. The molecule has 38 heavy (non-hydrogen) atoms. The number of rotatable bonds is 5. The van der Waals surface area contributed by atoms with E-state index >= 15 is 0 Å². The van der Waals surface area contributed by atoms with Gasteiger partial charge in [-0.05, 0) is 67.7 Å². The summed E-state index contributed by atoms with van der Waals surface area (Å²) in [6.45, 7) is 0.288. The number of imide groups is 1. The summed E-state index contributed by atoms with van der Waals surface area (Å²) in [6.07, 6.45) is 18.2. The van der Waals surface area contributed by atoms with Gasteiger partial charge in [-0.15, -0.1) is 0 Å². The van der Waals surface area contributed by atoms with Crippen LogP contribution in [0.2, 0.25) is 0 Å². The maximum Gasteiger partial charge on any atom is 0.255 e. The predicted octanol–water partition coefficient (Wildman–Crippen LogP) is 5.27. The fourth-order valence-corrected chi connectivity index (χ4v) is 7.26. The van der Waals surface area contributed by atoms with Crippen LogP contribution in [0, 0.1) is 11.8 Å². The monoisotopic (exact) mass is 521 g/mol. The Morgan fingerprint density at radius 3 is 1.97 bits per heavy atom. The van der Waals surface area contributed by atoms with Gasteiger partial charge in [-0.3, -0.25) is 24.5 Å². The van der Waals surface area contributed by atoms with Crippen molar-refractivity contribution in [1.29, 1.82) is 0 Å². The number of hydrogen-bond donors (Lipinski definition) is 2. The van der Waals surface area contributed by atoms with Gasteiger partial charge in [0.2, 0.25) is 11.8 Å². The van der Waals surface area contributed by atoms with Crippen molar-refractivity contribution in [2.45, 2.75) is 121 Å². The lowest BCUT2D eigenvalue weighted by molar-refractivity contribution is -0.136. The van der Waals surface area contributed by atoms with Crippen molar-refractivity contribution in [1.82, 2.24) is 15.5 Å². The molecule has 2 saturated carbocycles. The molecule has 7 nitrogen and oxygen atoms in total. The van der Waals surface area contributed by atoms with Crippen molar-refractivity contribution in [3.05, 3.63) is 34.9 Å². The minimum atomic E-state index is -0.645. The van der Waals surface area contributed by atoms with E-state index in [9.17, 15) is 19.2 Å². The highest BCUT2D eigenvalue weighted by atomic mass is 16.2. The Bertz CT molecular complexity index is 1020. The van der Waals surface area contributed by atoms with Crippen LogP contribution in [0.5, 0.6) is 0 Å². The molecule has 0 bridgehead atoms. The van der Waals surface area contributed by atoms with Gasteiger partial charge in [0, 0.05) is 30.1 Å². The van der Waals surface area contributed by atoms with Gasteiger partial charge < -0.3 is 10.2 Å². The zero-order chi connectivity index (χ0) is 26.5. The average molecular weight is 522 g/mol. The first-order valence-electron chi connectivity index (χ1n) is 15.1. The highest BCUT2D eigenvalue weighted by Gasteiger charge is 2.39. The van der Waals surface area contributed by atoms with Crippen LogP contribution in [-0.2, 0) is 16.1 Å². The van der Waals surface area contributed by atoms with E-state index < -0.39 is 11.9 Å². The molecule has 0 spiro atoms. The Labute approximate surface area is 226 Å². The molecule has 1 unspecified atom stereocenters. The van der Waals surface area contributed by atoms with Crippen LogP contribution in [0.25, 0.3) is 0 Å². The fraction of sp³-hybridized carbons (Fsp3) is 0.677. The molecule has 2 N–H and O–H groups in total. The van der Waals surface area contributed by atoms with E-state index in [1.807, 2.05) is 6.07 Å². The second kappa shape index (κ2) is 12.4. The highest BCUT2D eigenvalue weighted by molar-refractivity contribution is 6.06. The van der Waals surface area contributed by atoms with Crippen LogP contribution in [0.4, 0.5) is 0 Å². The summed E-state index contributed by atoms with van der Waals surface area (Å²) in [5.41, 5.74) is 1.91. The minimum absolute atomic E-state index is 0.0474. The maximum absolute atomic E-state index is 13.7. The van der Waals surface area contributed by atoms with Crippen molar-refractivity contribution < 1.29 is 19.2 Å². The lowest BCUT2D eigenvalue weighted by atomic mass is 9.75. The summed E-state index contributed by atoms with van der Waals surface area (Å²) in [5, 5.41) is 5.87. The number of amides is 4. The summed E-state index contributed by atoms with van der Waals surface area (Å²) in [4.78, 5) is 52.3. The summed E-state index contributed by atoms with van der Waals surface area (Å²) in [5.74, 6) is 0.0988. The summed E-state index contributed by atoms with van der Waals surface area (Å²) >= 11 is 0. The van der Waals surface area contributed by atoms with Gasteiger partial charge >= 0.3 is 0 Å². The van der Waals surface area contributed by atoms with E-state index in [2.05, 4.69) is 10.6 Å². The Morgan fingerprint density at radius 1 is 0.816 bits per heavy atom. The van der Waals surface area contributed by atoms with E-state index in [4.69, 9.17) is 0 Å². The van der Waals surface area contributed by atoms with Crippen LogP contribution < -0.4 is 10.6 Å². The van der Waals surface area contributed by atoms with E-state index in [-0.39, 0.29) is 36.7 Å². The molecular formula is C31H43N3O4. The molecule has 4 amide bonds. The third-order valence-electron chi connectivity index (χ3n) is 9.40. The Kier molecular flexibility index (Phi) is 8.80. The van der Waals surface area contributed by atoms with Crippen LogP contribution in [0.1, 0.15) is 129 Å². The number of nitrogens with one attached hydrogen (secondary N) is 2. The second-order valence-electron chi connectivity index (χ2n) is 12.0. The molecule has 1 atom stereocenters. The number of fused-ring (bicyclic) bond motifs is 1. The SMILES string of the molecule is O=C1CCC(N2Cc3cc(C(=O)NC(C4CCCCCCC4)C4CCCCCCC4)ccc3C2=O)C(=O)N1. The Hall–Kier alpha value is -2.70. The second-order valence-corrected chi connectivity index (χ2v) is 12.0. The zero-order valence-corrected chi connectivity index (χ0v) is 22.6. The smallest absolute Gasteiger partial charge is 0.255 e. The molecule has 2 aliphatic heterocycles. The molecule has 2 heterocycles. The van der Waals surface area contributed by atoms with Crippen LogP contribution in [0.15, 0.2) is 18.2 Å². The third-order valence-corrected chi connectivity index (χ3v) is 9.40. The normalized spacial score (nSPS) is 24.3. The van der Waals surface area contributed by atoms with Crippen molar-refractivity contribution in [2.75, 3.05) is 0 Å². The van der Waals surface area contributed by atoms with E-state index in [0.717, 1.165) is 5.56 Å². The van der Waals surface area contributed by atoms with Gasteiger partial charge in [0.15, 0.2) is 0 Å². The van der Waals surface area contributed by atoms with E-state index in [1.165, 1.54) is 89.9 Å². The van der Waals surface area contributed by atoms with Gasteiger partial charge in [0.05, 0.1) is 0 Å². The fourth-order valence-electron chi connectivity index (χ4n) is 7.26. The molecule has 0 radical (unpaired) electrons. The number of piperidine rings is 1. The standard InChI is InChI=1S/C31H43N3O4/c35-27-18-17-26(30(37)32-27)34-20-24-19-23(15-16-25(24)31(34)38)29(36)33-28(21-11-7-3-1-4-8-12-21)22-13-9-5-2-6-10-14-22/h15-16,19,21-22,26,28H,1-14,17-18,20H2,(H,33,36)(H,32,35,37). The summed E-state index contributed by atoms with van der Waals surface area (Å²) in [7, 11) is 0. The van der Waals surface area contributed by atoms with Crippen LogP contribution in [0.3, 0.4) is 0 Å². The predicted molar refractivity (Wildman–Crippen MR) is 145 cm³/mol. The van der Waals surface area contributed by atoms with E-state index in [0.29, 0.717) is 29.4 Å². The molecule has 4 aliphatic rings. The molecule has 1 aromatic rings. The molecule has 0 aromatic heterocycles. The highest BCUT2D eigenvalue weighted by Crippen LogP contribution is 2.34. The topological polar surface area (TPSA) is 95.6 Å². The van der Waals surface area contributed by atoms with Crippen molar-refractivity contribution >= 4 is 23.6 Å². The van der Waals surface area contributed by atoms with Gasteiger partial charge in [-0.2, -0.15) is 0 Å². The molecule has 5 rings (SSSR count). The quantitative estimate of drug-likeness (QED) is 0.516. The molecule has 1 aromatic carbocycles. The van der Waals surface area contributed by atoms with Crippen LogP contribution >= 0.6 is 0 Å². The first kappa shape index (κ1) is 26.9.